The van der Waals surface area contributed by atoms with Crippen molar-refractivity contribution in [3.8, 4) is 11.5 Å². The van der Waals surface area contributed by atoms with E-state index >= 15 is 0 Å². The lowest BCUT2D eigenvalue weighted by molar-refractivity contribution is 0.465. The Bertz CT molecular complexity index is 599. The summed E-state index contributed by atoms with van der Waals surface area (Å²) in [6.45, 7) is 3.83. The van der Waals surface area contributed by atoms with E-state index < -0.39 is 11.6 Å². The zero-order valence-electron chi connectivity index (χ0n) is 11.6. The number of hydrogen-bond donors (Lipinski definition) is 1. The number of nitrogens with one attached hydrogen (secondary N) is 1. The molecule has 2 aromatic rings. The van der Waals surface area contributed by atoms with Crippen LogP contribution in [0.2, 0.25) is 0 Å². The fourth-order valence-electron chi connectivity index (χ4n) is 1.86. The molecule has 0 unspecified atom stereocenters. The highest BCUT2D eigenvalue weighted by Gasteiger charge is 2.07. The van der Waals surface area contributed by atoms with Crippen LogP contribution in [-0.4, -0.2) is 6.54 Å². The van der Waals surface area contributed by atoms with Gasteiger partial charge < -0.3 is 10.1 Å². The van der Waals surface area contributed by atoms with Gasteiger partial charge in [-0.25, -0.2) is 8.78 Å². The van der Waals surface area contributed by atoms with E-state index in [2.05, 4.69) is 28.2 Å². The van der Waals surface area contributed by atoms with Gasteiger partial charge in [0.2, 0.25) is 0 Å². The van der Waals surface area contributed by atoms with Crippen LogP contribution >= 0.6 is 15.9 Å². The summed E-state index contributed by atoms with van der Waals surface area (Å²) in [4.78, 5) is 0. The number of benzene rings is 2. The zero-order chi connectivity index (χ0) is 15.2. The molecule has 1 N–H and O–H groups in total. The molecule has 21 heavy (non-hydrogen) atoms. The average molecular weight is 356 g/mol. The summed E-state index contributed by atoms with van der Waals surface area (Å²) in [5.41, 5.74) is 1.10. The summed E-state index contributed by atoms with van der Waals surface area (Å²) in [6.07, 6.45) is 1.08. The number of ether oxygens (including phenoxy) is 1. The summed E-state index contributed by atoms with van der Waals surface area (Å²) < 4.78 is 32.5. The lowest BCUT2D eigenvalue weighted by Crippen LogP contribution is -2.13. The lowest BCUT2D eigenvalue weighted by atomic mass is 10.2. The van der Waals surface area contributed by atoms with Gasteiger partial charge in [-0.1, -0.05) is 13.0 Å². The van der Waals surface area contributed by atoms with Gasteiger partial charge >= 0.3 is 0 Å². The molecule has 0 aliphatic rings. The van der Waals surface area contributed by atoms with E-state index in [1.807, 2.05) is 12.1 Å². The molecule has 0 aromatic heterocycles. The van der Waals surface area contributed by atoms with Gasteiger partial charge in [0.05, 0.1) is 4.47 Å². The topological polar surface area (TPSA) is 21.3 Å². The minimum atomic E-state index is -0.665. The maximum absolute atomic E-state index is 13.1. The standard InChI is InChI=1S/C16H16BrF2NO/c1-2-5-20-10-11-3-4-16(15(17)6-11)21-14-8-12(18)7-13(19)9-14/h3-4,6-9,20H,2,5,10H2,1H3. The van der Waals surface area contributed by atoms with Gasteiger partial charge in [-0.15, -0.1) is 0 Å². The molecule has 2 aromatic carbocycles. The van der Waals surface area contributed by atoms with Crippen molar-refractivity contribution in [2.45, 2.75) is 19.9 Å². The number of halogens is 3. The third kappa shape index (κ3) is 4.79. The monoisotopic (exact) mass is 355 g/mol. The van der Waals surface area contributed by atoms with Crippen molar-refractivity contribution >= 4 is 15.9 Å². The zero-order valence-corrected chi connectivity index (χ0v) is 13.2. The minimum absolute atomic E-state index is 0.130. The van der Waals surface area contributed by atoms with Gasteiger partial charge in [-0.3, -0.25) is 0 Å². The van der Waals surface area contributed by atoms with Crippen LogP contribution in [0.3, 0.4) is 0 Å². The van der Waals surface area contributed by atoms with Crippen LogP contribution in [0.5, 0.6) is 11.5 Å². The van der Waals surface area contributed by atoms with Crippen molar-refractivity contribution in [2.24, 2.45) is 0 Å². The van der Waals surface area contributed by atoms with Crippen LogP contribution < -0.4 is 10.1 Å². The molecule has 0 heterocycles. The Morgan fingerprint density at radius 2 is 1.81 bits per heavy atom. The Labute approximate surface area is 131 Å². The summed E-state index contributed by atoms with van der Waals surface area (Å²) in [6, 6.07) is 8.71. The van der Waals surface area contributed by atoms with Gasteiger partial charge in [0.15, 0.2) is 0 Å². The molecule has 0 fully saturated rings. The second kappa shape index (κ2) is 7.52. The second-order valence-corrected chi connectivity index (χ2v) is 5.50. The molecule has 0 radical (unpaired) electrons. The molecule has 0 bridgehead atoms. The Morgan fingerprint density at radius 1 is 1.10 bits per heavy atom. The van der Waals surface area contributed by atoms with E-state index in [0.717, 1.165) is 47.7 Å². The summed E-state index contributed by atoms with van der Waals surface area (Å²) in [7, 11) is 0. The first-order chi connectivity index (χ1) is 10.1. The van der Waals surface area contributed by atoms with Gasteiger partial charge in [0, 0.05) is 24.7 Å². The quantitative estimate of drug-likeness (QED) is 0.734. The predicted molar refractivity (Wildman–Crippen MR) is 82.6 cm³/mol. The molecule has 5 heteroatoms. The highest BCUT2D eigenvalue weighted by Crippen LogP contribution is 2.31. The Morgan fingerprint density at radius 3 is 2.43 bits per heavy atom. The molecule has 2 nitrogen and oxygen atoms in total. The predicted octanol–water partition coefficient (Wildman–Crippen LogP) is 5.02. The van der Waals surface area contributed by atoms with Gasteiger partial charge in [-0.05, 0) is 46.6 Å². The third-order valence-corrected chi connectivity index (χ3v) is 3.44. The maximum Gasteiger partial charge on any atom is 0.141 e. The molecule has 0 saturated carbocycles. The largest absolute Gasteiger partial charge is 0.456 e. The Balaban J connectivity index is 2.10. The summed E-state index contributed by atoms with van der Waals surface area (Å²) in [5, 5.41) is 3.30. The second-order valence-electron chi connectivity index (χ2n) is 4.65. The highest BCUT2D eigenvalue weighted by atomic mass is 79.9. The van der Waals surface area contributed by atoms with E-state index in [0.29, 0.717) is 5.75 Å². The van der Waals surface area contributed by atoms with Crippen molar-refractivity contribution in [1.29, 1.82) is 0 Å². The minimum Gasteiger partial charge on any atom is -0.456 e. The first-order valence-corrected chi connectivity index (χ1v) is 7.51. The summed E-state index contributed by atoms with van der Waals surface area (Å²) in [5.74, 6) is -0.688. The Kier molecular flexibility index (Phi) is 5.70. The van der Waals surface area contributed by atoms with E-state index in [1.54, 1.807) is 6.07 Å². The van der Waals surface area contributed by atoms with Crippen LogP contribution in [0.25, 0.3) is 0 Å². The molecule has 2 rings (SSSR count). The molecule has 112 valence electrons. The van der Waals surface area contributed by atoms with E-state index in [4.69, 9.17) is 4.74 Å². The molecular weight excluding hydrogens is 340 g/mol. The molecule has 0 aliphatic heterocycles. The van der Waals surface area contributed by atoms with Crippen LogP contribution in [-0.2, 0) is 6.54 Å². The molecule has 0 spiro atoms. The average Bonchev–Trinajstić information content (AvgIpc) is 2.41. The van der Waals surface area contributed by atoms with Crippen molar-refractivity contribution in [1.82, 2.24) is 5.32 Å². The number of rotatable bonds is 6. The van der Waals surface area contributed by atoms with Crippen LogP contribution in [0.1, 0.15) is 18.9 Å². The summed E-state index contributed by atoms with van der Waals surface area (Å²) >= 11 is 3.41. The van der Waals surface area contributed by atoms with Crippen LogP contribution in [0, 0.1) is 11.6 Å². The van der Waals surface area contributed by atoms with E-state index in [-0.39, 0.29) is 5.75 Å². The molecular formula is C16H16BrF2NO. The van der Waals surface area contributed by atoms with Crippen molar-refractivity contribution in [3.63, 3.8) is 0 Å². The first kappa shape index (κ1) is 15.9. The molecule has 0 atom stereocenters. The highest BCUT2D eigenvalue weighted by molar-refractivity contribution is 9.10. The van der Waals surface area contributed by atoms with Crippen molar-refractivity contribution in [2.75, 3.05) is 6.54 Å². The number of hydrogen-bond acceptors (Lipinski definition) is 2. The van der Waals surface area contributed by atoms with Crippen molar-refractivity contribution in [3.05, 3.63) is 58.1 Å². The van der Waals surface area contributed by atoms with Gasteiger partial charge in [-0.2, -0.15) is 0 Å². The van der Waals surface area contributed by atoms with Crippen LogP contribution in [0.15, 0.2) is 40.9 Å². The van der Waals surface area contributed by atoms with E-state index in [9.17, 15) is 8.78 Å². The SMILES string of the molecule is CCCNCc1ccc(Oc2cc(F)cc(F)c2)c(Br)c1. The van der Waals surface area contributed by atoms with Crippen molar-refractivity contribution < 1.29 is 13.5 Å². The smallest absolute Gasteiger partial charge is 0.141 e. The molecule has 0 aliphatic carbocycles. The van der Waals surface area contributed by atoms with Gasteiger partial charge in [0.25, 0.3) is 0 Å². The molecule has 0 amide bonds. The van der Waals surface area contributed by atoms with Gasteiger partial charge in [0.1, 0.15) is 23.1 Å². The van der Waals surface area contributed by atoms with E-state index in [1.165, 1.54) is 0 Å². The third-order valence-electron chi connectivity index (χ3n) is 2.82. The normalized spacial score (nSPS) is 10.7. The lowest BCUT2D eigenvalue weighted by Gasteiger charge is -2.10. The fraction of sp³-hybridized carbons (Fsp3) is 0.250. The first-order valence-electron chi connectivity index (χ1n) is 6.71. The molecule has 0 saturated heterocycles. The fourth-order valence-corrected chi connectivity index (χ4v) is 2.37. The van der Waals surface area contributed by atoms with Crippen LogP contribution in [0.4, 0.5) is 8.78 Å². The maximum atomic E-state index is 13.1. The Hall–Kier alpha value is -1.46.